The Morgan fingerprint density at radius 2 is 2.11 bits per heavy atom. The van der Waals surface area contributed by atoms with Gasteiger partial charge in [0, 0.05) is 23.7 Å². The average Bonchev–Trinajstić information content (AvgIpc) is 2.41. The Balaban J connectivity index is 2.25. The number of anilines is 1. The van der Waals surface area contributed by atoms with Crippen LogP contribution in [-0.4, -0.2) is 11.8 Å². The lowest BCUT2D eigenvalue weighted by Crippen LogP contribution is -2.50. The van der Waals surface area contributed by atoms with Gasteiger partial charge < -0.3 is 0 Å². The van der Waals surface area contributed by atoms with Gasteiger partial charge in [-0.05, 0) is 31.1 Å². The molecule has 0 aromatic carbocycles. The van der Waals surface area contributed by atoms with E-state index in [4.69, 9.17) is 0 Å². The van der Waals surface area contributed by atoms with Crippen LogP contribution in [-0.2, 0) is 7.05 Å². The van der Waals surface area contributed by atoms with Crippen molar-refractivity contribution in [2.75, 3.05) is 4.81 Å². The minimum Gasteiger partial charge on any atom is -0.291 e. The topological polar surface area (TPSA) is 20.0 Å². The number of aromatic nitrogens is 2. The largest absolute Gasteiger partial charge is 0.402 e. The van der Waals surface area contributed by atoms with Gasteiger partial charge in [-0.25, -0.2) is 4.57 Å². The Kier molecular flexibility index (Phi) is 2.86. The van der Waals surface area contributed by atoms with Gasteiger partial charge in [0.1, 0.15) is 0 Å². The molecule has 0 unspecified atom stereocenters. The van der Waals surface area contributed by atoms with Crippen LogP contribution < -0.4 is 19.8 Å². The number of rotatable bonds is 1. The Morgan fingerprint density at radius 3 is 2.89 bits per heavy atom. The van der Waals surface area contributed by atoms with E-state index in [-0.39, 0.29) is 0 Å². The summed E-state index contributed by atoms with van der Waals surface area (Å²) in [6.07, 6.45) is 5.88. The SMILES string of the molecule is CB1C=c2cnccc2=C(C)N1c1cccc[n+]1C. The van der Waals surface area contributed by atoms with Crippen molar-refractivity contribution in [3.05, 3.63) is 53.3 Å². The molecule has 1 aliphatic heterocycles. The van der Waals surface area contributed by atoms with E-state index in [0.717, 1.165) is 0 Å². The van der Waals surface area contributed by atoms with Crippen molar-refractivity contribution in [3.63, 3.8) is 0 Å². The number of hydrogen-bond donors (Lipinski definition) is 0. The highest BCUT2D eigenvalue weighted by atomic mass is 15.2. The van der Waals surface area contributed by atoms with Crippen LogP contribution in [0.15, 0.2) is 42.9 Å². The maximum Gasteiger partial charge on any atom is 0.402 e. The zero-order valence-electron chi connectivity index (χ0n) is 11.5. The number of aryl methyl sites for hydroxylation is 1. The van der Waals surface area contributed by atoms with Crippen LogP contribution in [0.5, 0.6) is 0 Å². The third kappa shape index (κ3) is 1.93. The molecule has 0 fully saturated rings. The molecule has 0 amide bonds. The van der Waals surface area contributed by atoms with E-state index < -0.39 is 0 Å². The summed E-state index contributed by atoms with van der Waals surface area (Å²) in [7, 11) is 2.08. The first-order valence-electron chi connectivity index (χ1n) is 6.55. The van der Waals surface area contributed by atoms with Gasteiger partial charge in [0.15, 0.2) is 0 Å². The molecule has 2 aromatic heterocycles. The molecule has 0 aliphatic carbocycles. The van der Waals surface area contributed by atoms with Crippen LogP contribution in [0.4, 0.5) is 5.82 Å². The van der Waals surface area contributed by atoms with Gasteiger partial charge >= 0.3 is 6.85 Å². The van der Waals surface area contributed by atoms with E-state index in [1.807, 2.05) is 12.4 Å². The monoisotopic (exact) mass is 250 g/mol. The summed E-state index contributed by atoms with van der Waals surface area (Å²) in [6, 6.07) is 8.37. The van der Waals surface area contributed by atoms with Crippen LogP contribution in [0.3, 0.4) is 0 Å². The number of hydrogen-bond acceptors (Lipinski definition) is 2. The fraction of sp³-hybridized carbons (Fsp3) is 0.200. The smallest absolute Gasteiger partial charge is 0.291 e. The van der Waals surface area contributed by atoms with E-state index >= 15 is 0 Å². The Hall–Kier alpha value is -2.10. The molecule has 94 valence electrons. The van der Waals surface area contributed by atoms with Crippen molar-refractivity contribution in [1.82, 2.24) is 4.98 Å². The normalized spacial score (nSPS) is 14.2. The minimum atomic E-state index is 0.324. The lowest BCUT2D eigenvalue weighted by atomic mass is 9.60. The summed E-state index contributed by atoms with van der Waals surface area (Å²) in [5.41, 5.74) is 1.27. The van der Waals surface area contributed by atoms with Gasteiger partial charge in [-0.3, -0.25) is 9.79 Å². The third-order valence-corrected chi connectivity index (χ3v) is 3.71. The quantitative estimate of drug-likeness (QED) is 0.542. The predicted molar refractivity (Wildman–Crippen MR) is 78.7 cm³/mol. The molecule has 0 saturated carbocycles. The molecule has 0 spiro atoms. The lowest BCUT2D eigenvalue weighted by Gasteiger charge is -2.24. The summed E-state index contributed by atoms with van der Waals surface area (Å²) < 4.78 is 2.15. The Labute approximate surface area is 113 Å². The molecule has 0 bridgehead atoms. The van der Waals surface area contributed by atoms with E-state index in [2.05, 4.69) is 71.6 Å². The number of fused-ring (bicyclic) bond motifs is 1. The summed E-state index contributed by atoms with van der Waals surface area (Å²) >= 11 is 0. The molecule has 0 radical (unpaired) electrons. The molecule has 3 nitrogen and oxygen atoms in total. The highest BCUT2D eigenvalue weighted by molar-refractivity contribution is 6.77. The van der Waals surface area contributed by atoms with Gasteiger partial charge in [-0.1, -0.05) is 12.0 Å². The summed E-state index contributed by atoms with van der Waals surface area (Å²) in [4.78, 5) is 6.58. The van der Waals surface area contributed by atoms with E-state index in [1.54, 1.807) is 0 Å². The zero-order chi connectivity index (χ0) is 13.4. The Bertz CT molecular complexity index is 739. The second kappa shape index (κ2) is 4.54. The molecule has 1 aliphatic rings. The van der Waals surface area contributed by atoms with E-state index in [9.17, 15) is 0 Å². The molecule has 2 aromatic rings. The average molecular weight is 250 g/mol. The van der Waals surface area contributed by atoms with Crippen molar-refractivity contribution < 1.29 is 4.57 Å². The van der Waals surface area contributed by atoms with Gasteiger partial charge in [-0.15, -0.1) is 0 Å². The summed E-state index contributed by atoms with van der Waals surface area (Å²) in [5, 5.41) is 2.49. The molecule has 0 saturated heterocycles. The van der Waals surface area contributed by atoms with Crippen molar-refractivity contribution in [3.8, 4) is 0 Å². The van der Waals surface area contributed by atoms with Gasteiger partial charge in [-0.2, -0.15) is 0 Å². The molecule has 4 heteroatoms. The van der Waals surface area contributed by atoms with Crippen LogP contribution in [0.2, 0.25) is 6.82 Å². The van der Waals surface area contributed by atoms with E-state index in [0.29, 0.717) is 6.85 Å². The predicted octanol–water partition coefficient (Wildman–Crippen LogP) is 0.495. The van der Waals surface area contributed by atoms with Crippen LogP contribution >= 0.6 is 0 Å². The highest BCUT2D eigenvalue weighted by Crippen LogP contribution is 2.17. The van der Waals surface area contributed by atoms with Crippen LogP contribution in [0, 0.1) is 0 Å². The first-order chi connectivity index (χ1) is 9.18. The fourth-order valence-electron chi connectivity index (χ4n) is 2.78. The van der Waals surface area contributed by atoms with Crippen LogP contribution in [0.25, 0.3) is 11.7 Å². The maximum absolute atomic E-state index is 4.21. The molecule has 3 heterocycles. The van der Waals surface area contributed by atoms with Crippen LogP contribution in [0.1, 0.15) is 6.92 Å². The first-order valence-corrected chi connectivity index (χ1v) is 6.55. The summed E-state index contributed by atoms with van der Waals surface area (Å²) in [6.45, 7) is 4.72. The molecule has 19 heavy (non-hydrogen) atoms. The third-order valence-electron chi connectivity index (χ3n) is 3.71. The molecular formula is C15H17BN3+. The first kappa shape index (κ1) is 12.0. The summed E-state index contributed by atoms with van der Waals surface area (Å²) in [5.74, 6) is 3.47. The van der Waals surface area contributed by atoms with Crippen molar-refractivity contribution in [1.29, 1.82) is 0 Å². The second-order valence-corrected chi connectivity index (χ2v) is 5.00. The van der Waals surface area contributed by atoms with Gasteiger partial charge in [0.05, 0.1) is 18.9 Å². The zero-order valence-corrected chi connectivity index (χ0v) is 11.5. The van der Waals surface area contributed by atoms with E-state index in [1.165, 1.54) is 22.0 Å². The molecular weight excluding hydrogens is 233 g/mol. The van der Waals surface area contributed by atoms with Crippen molar-refractivity contribution in [2.24, 2.45) is 7.05 Å². The Morgan fingerprint density at radius 1 is 1.26 bits per heavy atom. The highest BCUT2D eigenvalue weighted by Gasteiger charge is 2.31. The minimum absolute atomic E-state index is 0.324. The molecule has 0 N–H and O–H groups in total. The van der Waals surface area contributed by atoms with Gasteiger partial charge in [0.2, 0.25) is 0 Å². The number of nitrogens with zero attached hydrogens (tertiary/aromatic N) is 3. The second-order valence-electron chi connectivity index (χ2n) is 5.00. The molecule has 0 atom stereocenters. The number of pyridine rings is 2. The standard InChI is InChI=1S/C15H17BN3/c1-12-14-7-8-17-11-13(14)10-16(2)19(12)15-6-4-5-9-18(15)3/h4-11H,1-3H3/q+1. The maximum atomic E-state index is 4.21. The van der Waals surface area contributed by atoms with Crippen molar-refractivity contribution >= 4 is 24.3 Å². The molecule has 3 rings (SSSR count). The lowest BCUT2D eigenvalue weighted by molar-refractivity contribution is -0.658. The van der Waals surface area contributed by atoms with Gasteiger partial charge in [0.25, 0.3) is 5.82 Å². The van der Waals surface area contributed by atoms with Crippen molar-refractivity contribution in [2.45, 2.75) is 13.7 Å². The fourth-order valence-corrected chi connectivity index (χ4v) is 2.78.